The van der Waals surface area contributed by atoms with Crippen LogP contribution in [0.25, 0.3) is 11.6 Å². The number of hydrogen-bond donors (Lipinski definition) is 0. The number of benzene rings is 1. The molecule has 6 nitrogen and oxygen atoms in total. The predicted octanol–water partition coefficient (Wildman–Crippen LogP) is 2.77. The lowest BCUT2D eigenvalue weighted by Gasteiger charge is -2.24. The highest BCUT2D eigenvalue weighted by atomic mass is 16.5. The summed E-state index contributed by atoms with van der Waals surface area (Å²) in [5.74, 6) is 1.16. The molecule has 1 aromatic carbocycles. The third-order valence-electron chi connectivity index (χ3n) is 3.81. The molecule has 0 fully saturated rings. The summed E-state index contributed by atoms with van der Waals surface area (Å²) >= 11 is 0. The van der Waals surface area contributed by atoms with Gasteiger partial charge in [-0.05, 0) is 11.6 Å². The maximum absolute atomic E-state index is 5.94. The zero-order valence-electron chi connectivity index (χ0n) is 12.3. The van der Waals surface area contributed by atoms with Gasteiger partial charge in [-0.25, -0.2) is 0 Å². The van der Waals surface area contributed by atoms with Crippen LogP contribution in [-0.4, -0.2) is 19.9 Å². The molecule has 3 heterocycles. The molecule has 1 aliphatic rings. The molecule has 3 aromatic rings. The monoisotopic (exact) mass is 296 g/mol. The Balaban J connectivity index is 1.60. The minimum atomic E-state index is 0.0235. The summed E-state index contributed by atoms with van der Waals surface area (Å²) in [6, 6.07) is 12.1. The normalized spacial score (nSPS) is 17.4. The highest BCUT2D eigenvalue weighted by Gasteiger charge is 2.24. The molecule has 2 aromatic heterocycles. The fourth-order valence-corrected chi connectivity index (χ4v) is 2.60. The van der Waals surface area contributed by atoms with Crippen molar-refractivity contribution in [3.63, 3.8) is 0 Å². The van der Waals surface area contributed by atoms with E-state index in [1.54, 1.807) is 0 Å². The molecule has 4 rings (SSSR count). The lowest BCUT2D eigenvalue weighted by Crippen LogP contribution is -2.21. The van der Waals surface area contributed by atoms with Crippen molar-refractivity contribution in [2.75, 3.05) is 0 Å². The molecule has 1 atom stereocenters. The van der Waals surface area contributed by atoms with Gasteiger partial charge in [-0.2, -0.15) is 10.1 Å². The summed E-state index contributed by atoms with van der Waals surface area (Å²) in [6.07, 6.45) is 0.770. The minimum Gasteiger partial charge on any atom is -0.365 e. The summed E-state index contributed by atoms with van der Waals surface area (Å²) in [5.41, 5.74) is 2.90. The standard InChI is InChI=1S/C16H16N4O2/c1-2-15-17-16(22-19-15)13-8-12-10-21-14(9-20(12)18-13)11-6-4-3-5-7-11/h3-8,14H,2,9-10H2,1H3/t14-/m0/s1. The molecule has 1 aliphatic heterocycles. The first-order valence-corrected chi connectivity index (χ1v) is 7.39. The largest absolute Gasteiger partial charge is 0.365 e. The maximum Gasteiger partial charge on any atom is 0.278 e. The van der Waals surface area contributed by atoms with E-state index in [0.29, 0.717) is 30.6 Å². The van der Waals surface area contributed by atoms with Crippen LogP contribution in [0.15, 0.2) is 40.9 Å². The van der Waals surface area contributed by atoms with E-state index in [0.717, 1.165) is 17.7 Å². The molecule has 0 N–H and O–H groups in total. The molecule has 112 valence electrons. The van der Waals surface area contributed by atoms with E-state index in [1.807, 2.05) is 35.9 Å². The van der Waals surface area contributed by atoms with Crippen LogP contribution in [0.2, 0.25) is 0 Å². The van der Waals surface area contributed by atoms with Crippen molar-refractivity contribution in [2.24, 2.45) is 0 Å². The maximum atomic E-state index is 5.94. The van der Waals surface area contributed by atoms with Crippen LogP contribution in [-0.2, 0) is 24.3 Å². The fraction of sp³-hybridized carbons (Fsp3) is 0.312. The molecule has 0 aliphatic carbocycles. The van der Waals surface area contributed by atoms with Crippen molar-refractivity contribution in [1.82, 2.24) is 19.9 Å². The molecule has 22 heavy (non-hydrogen) atoms. The number of hydrogen-bond acceptors (Lipinski definition) is 5. The lowest BCUT2D eigenvalue weighted by atomic mass is 10.1. The Morgan fingerprint density at radius 3 is 2.91 bits per heavy atom. The topological polar surface area (TPSA) is 66.0 Å². The number of fused-ring (bicyclic) bond motifs is 1. The molecule has 6 heteroatoms. The molecule has 0 amide bonds. The lowest BCUT2D eigenvalue weighted by molar-refractivity contribution is -0.00113. The van der Waals surface area contributed by atoms with Crippen LogP contribution in [0.3, 0.4) is 0 Å². The number of aromatic nitrogens is 4. The Hall–Kier alpha value is -2.47. The SMILES string of the molecule is CCc1noc(-c2cc3n(n2)C[C@@H](c2ccccc2)OC3)n1. The van der Waals surface area contributed by atoms with Gasteiger partial charge in [0.1, 0.15) is 6.10 Å². The highest BCUT2D eigenvalue weighted by molar-refractivity contribution is 5.47. The van der Waals surface area contributed by atoms with Crippen LogP contribution in [0.4, 0.5) is 0 Å². The van der Waals surface area contributed by atoms with Gasteiger partial charge in [-0.1, -0.05) is 42.4 Å². The third-order valence-corrected chi connectivity index (χ3v) is 3.81. The fourth-order valence-electron chi connectivity index (χ4n) is 2.60. The van der Waals surface area contributed by atoms with Crippen molar-refractivity contribution >= 4 is 0 Å². The van der Waals surface area contributed by atoms with Crippen LogP contribution in [0, 0.1) is 0 Å². The van der Waals surface area contributed by atoms with Gasteiger partial charge in [-0.15, -0.1) is 0 Å². The van der Waals surface area contributed by atoms with E-state index in [-0.39, 0.29) is 6.10 Å². The molecule has 0 radical (unpaired) electrons. The first-order valence-electron chi connectivity index (χ1n) is 7.39. The van der Waals surface area contributed by atoms with E-state index >= 15 is 0 Å². The van der Waals surface area contributed by atoms with Gasteiger partial charge in [0.05, 0.1) is 18.8 Å². The summed E-state index contributed by atoms with van der Waals surface area (Å²) in [4.78, 5) is 4.33. The van der Waals surface area contributed by atoms with E-state index in [4.69, 9.17) is 9.26 Å². The highest BCUT2D eigenvalue weighted by Crippen LogP contribution is 2.28. The number of aryl methyl sites for hydroxylation is 1. The molecule has 0 unspecified atom stereocenters. The van der Waals surface area contributed by atoms with E-state index in [9.17, 15) is 0 Å². The van der Waals surface area contributed by atoms with Crippen LogP contribution < -0.4 is 0 Å². The summed E-state index contributed by atoms with van der Waals surface area (Å²) in [5, 5.41) is 8.50. The van der Waals surface area contributed by atoms with E-state index in [2.05, 4.69) is 27.4 Å². The minimum absolute atomic E-state index is 0.0235. The molecular formula is C16H16N4O2. The van der Waals surface area contributed by atoms with Crippen LogP contribution in [0.1, 0.15) is 30.1 Å². The average molecular weight is 296 g/mol. The Kier molecular flexibility index (Phi) is 3.23. The Labute approximate surface area is 127 Å². The Morgan fingerprint density at radius 1 is 1.27 bits per heavy atom. The zero-order chi connectivity index (χ0) is 14.9. The zero-order valence-corrected chi connectivity index (χ0v) is 12.3. The van der Waals surface area contributed by atoms with Gasteiger partial charge in [0.2, 0.25) is 0 Å². The van der Waals surface area contributed by atoms with Gasteiger partial charge in [0.15, 0.2) is 11.5 Å². The first-order chi connectivity index (χ1) is 10.8. The van der Waals surface area contributed by atoms with Crippen LogP contribution in [0.5, 0.6) is 0 Å². The Bertz CT molecular complexity index is 779. The summed E-state index contributed by atoms with van der Waals surface area (Å²) in [7, 11) is 0. The van der Waals surface area contributed by atoms with Gasteiger partial charge >= 0.3 is 0 Å². The molecule has 0 spiro atoms. The summed E-state index contributed by atoms with van der Waals surface area (Å²) in [6.45, 7) is 3.21. The quantitative estimate of drug-likeness (QED) is 0.743. The van der Waals surface area contributed by atoms with Crippen molar-refractivity contribution in [1.29, 1.82) is 0 Å². The molecular weight excluding hydrogens is 280 g/mol. The van der Waals surface area contributed by atoms with Crippen molar-refractivity contribution in [2.45, 2.75) is 32.6 Å². The van der Waals surface area contributed by atoms with Crippen molar-refractivity contribution in [3.05, 3.63) is 53.5 Å². The van der Waals surface area contributed by atoms with E-state index in [1.165, 1.54) is 0 Å². The number of rotatable bonds is 3. The molecule has 0 saturated carbocycles. The second-order valence-corrected chi connectivity index (χ2v) is 5.28. The van der Waals surface area contributed by atoms with Crippen LogP contribution >= 0.6 is 0 Å². The Morgan fingerprint density at radius 2 is 2.14 bits per heavy atom. The number of nitrogens with zero attached hydrogens (tertiary/aromatic N) is 4. The third kappa shape index (κ3) is 2.31. The van der Waals surface area contributed by atoms with Crippen molar-refractivity contribution in [3.8, 4) is 11.6 Å². The van der Waals surface area contributed by atoms with Gasteiger partial charge in [0, 0.05) is 6.42 Å². The smallest absolute Gasteiger partial charge is 0.278 e. The van der Waals surface area contributed by atoms with Crippen molar-refractivity contribution < 1.29 is 9.26 Å². The van der Waals surface area contributed by atoms with Gasteiger partial charge in [-0.3, -0.25) is 4.68 Å². The van der Waals surface area contributed by atoms with Gasteiger partial charge < -0.3 is 9.26 Å². The number of ether oxygens (including phenoxy) is 1. The molecule has 0 saturated heterocycles. The van der Waals surface area contributed by atoms with Gasteiger partial charge in [0.25, 0.3) is 5.89 Å². The summed E-state index contributed by atoms with van der Waals surface area (Å²) < 4.78 is 13.2. The van der Waals surface area contributed by atoms with E-state index < -0.39 is 0 Å². The molecule has 0 bridgehead atoms. The second-order valence-electron chi connectivity index (χ2n) is 5.28. The second kappa shape index (κ2) is 5.38. The first kappa shape index (κ1) is 13.2. The average Bonchev–Trinajstić information content (AvgIpc) is 3.21. The predicted molar refractivity (Wildman–Crippen MR) is 78.9 cm³/mol.